The van der Waals surface area contributed by atoms with Crippen LogP contribution >= 0.6 is 11.6 Å². The van der Waals surface area contributed by atoms with Gasteiger partial charge < -0.3 is 11.5 Å². The van der Waals surface area contributed by atoms with E-state index in [1.54, 1.807) is 0 Å². The van der Waals surface area contributed by atoms with Gasteiger partial charge in [-0.25, -0.2) is 4.90 Å². The fraction of sp³-hybridized carbons (Fsp3) is 0.200. The molecule has 1 aliphatic rings. The minimum atomic E-state index is -0.675. The molecule has 124 valence electrons. The van der Waals surface area contributed by atoms with E-state index >= 15 is 0 Å². The highest BCUT2D eigenvalue weighted by molar-refractivity contribution is 6.36. The number of nitrogens with one attached hydrogen (secondary N) is 2. The van der Waals surface area contributed by atoms with Gasteiger partial charge in [-0.1, -0.05) is 11.6 Å². The minimum Gasteiger partial charge on any atom is -0.369 e. The lowest BCUT2D eigenvalue weighted by Crippen LogP contribution is -2.42. The van der Waals surface area contributed by atoms with Crippen molar-refractivity contribution in [3.8, 4) is 0 Å². The summed E-state index contributed by atoms with van der Waals surface area (Å²) in [6.07, 6.45) is 3.35. The summed E-state index contributed by atoms with van der Waals surface area (Å²) in [5.74, 6) is -1.48. The van der Waals surface area contributed by atoms with Crippen LogP contribution < -0.4 is 16.4 Å². The number of hydrogen-bond acceptors (Lipinski definition) is 4. The first-order chi connectivity index (χ1) is 11.4. The molecule has 0 aliphatic heterocycles. The Balaban J connectivity index is 2.06. The smallest absolute Gasteiger partial charge is 0.268 e. The Morgan fingerprint density at radius 2 is 2.04 bits per heavy atom. The fourth-order valence-electron chi connectivity index (χ4n) is 2.46. The van der Waals surface area contributed by atoms with Crippen LogP contribution in [-0.2, 0) is 0 Å². The van der Waals surface area contributed by atoms with E-state index in [0.717, 1.165) is 17.7 Å². The summed E-state index contributed by atoms with van der Waals surface area (Å²) in [5, 5.41) is 14.7. The van der Waals surface area contributed by atoms with Crippen LogP contribution in [0.1, 0.15) is 45.2 Å². The molecule has 0 bridgehead atoms. The second kappa shape index (κ2) is 5.97. The number of hydrogen-bond donors (Lipinski definition) is 4. The van der Waals surface area contributed by atoms with E-state index in [1.165, 1.54) is 24.4 Å². The molecule has 1 aliphatic carbocycles. The number of amides is 2. The summed E-state index contributed by atoms with van der Waals surface area (Å²) in [7, 11) is 0. The molecule has 1 fully saturated rings. The average Bonchev–Trinajstić information content (AvgIpc) is 3.25. The second-order valence-corrected chi connectivity index (χ2v) is 5.94. The lowest BCUT2D eigenvalue weighted by Gasteiger charge is -2.22. The molecule has 0 atom stereocenters. The van der Waals surface area contributed by atoms with Crippen molar-refractivity contribution in [2.24, 2.45) is 11.5 Å². The SMILES string of the molecule is N=C(N)N(C(=O)c1cn[nH]c1C1CC1)c1cc(C(N)=O)ccc1Cl. The molecule has 1 aromatic heterocycles. The number of aromatic nitrogens is 2. The molecule has 0 saturated heterocycles. The van der Waals surface area contributed by atoms with Crippen molar-refractivity contribution in [3.63, 3.8) is 0 Å². The first-order valence-corrected chi connectivity index (χ1v) is 7.59. The molecular weight excluding hydrogens is 332 g/mol. The molecule has 24 heavy (non-hydrogen) atoms. The summed E-state index contributed by atoms with van der Waals surface area (Å²) in [5.41, 5.74) is 12.2. The van der Waals surface area contributed by atoms with E-state index in [9.17, 15) is 9.59 Å². The van der Waals surface area contributed by atoms with Gasteiger partial charge in [0.1, 0.15) is 0 Å². The molecule has 2 aromatic rings. The van der Waals surface area contributed by atoms with E-state index < -0.39 is 17.8 Å². The zero-order chi connectivity index (χ0) is 17.4. The molecule has 1 saturated carbocycles. The van der Waals surface area contributed by atoms with Gasteiger partial charge in [0.05, 0.1) is 28.2 Å². The number of guanidine groups is 1. The molecule has 6 N–H and O–H groups in total. The van der Waals surface area contributed by atoms with E-state index in [2.05, 4.69) is 10.2 Å². The van der Waals surface area contributed by atoms with Crippen LogP contribution in [0.15, 0.2) is 24.4 Å². The third-order valence-electron chi connectivity index (χ3n) is 3.80. The first-order valence-electron chi connectivity index (χ1n) is 7.21. The van der Waals surface area contributed by atoms with E-state index in [0.29, 0.717) is 11.3 Å². The Hall–Kier alpha value is -2.87. The average molecular weight is 347 g/mol. The monoisotopic (exact) mass is 346 g/mol. The number of H-pyrrole nitrogens is 1. The van der Waals surface area contributed by atoms with Gasteiger partial charge in [0.25, 0.3) is 5.91 Å². The molecule has 2 amide bonds. The highest BCUT2D eigenvalue weighted by atomic mass is 35.5. The molecule has 1 heterocycles. The molecule has 0 radical (unpaired) electrons. The number of nitrogens with zero attached hydrogens (tertiary/aromatic N) is 2. The zero-order valence-electron chi connectivity index (χ0n) is 12.5. The lowest BCUT2D eigenvalue weighted by molar-refractivity contribution is 0.0989. The molecule has 9 heteroatoms. The van der Waals surface area contributed by atoms with Crippen LogP contribution in [0.3, 0.4) is 0 Å². The number of benzene rings is 1. The maximum Gasteiger partial charge on any atom is 0.268 e. The predicted molar refractivity (Wildman–Crippen MR) is 89.3 cm³/mol. The van der Waals surface area contributed by atoms with Gasteiger partial charge in [-0.15, -0.1) is 0 Å². The quantitative estimate of drug-likeness (QED) is 0.492. The number of carbonyl (C=O) groups is 2. The lowest BCUT2D eigenvalue weighted by atomic mass is 10.1. The third kappa shape index (κ3) is 2.83. The predicted octanol–water partition coefficient (Wildman–Crippen LogP) is 1.58. The van der Waals surface area contributed by atoms with Crippen LogP contribution in [-0.4, -0.2) is 28.0 Å². The summed E-state index contributed by atoms with van der Waals surface area (Å²) in [6.45, 7) is 0. The highest BCUT2D eigenvalue weighted by Crippen LogP contribution is 2.41. The van der Waals surface area contributed by atoms with Crippen molar-refractivity contribution in [1.82, 2.24) is 10.2 Å². The summed E-state index contributed by atoms with van der Waals surface area (Å²) < 4.78 is 0. The number of carbonyl (C=O) groups excluding carboxylic acids is 2. The van der Waals surface area contributed by atoms with Gasteiger partial charge in [0.15, 0.2) is 5.96 Å². The van der Waals surface area contributed by atoms with Crippen LogP contribution in [0.4, 0.5) is 5.69 Å². The number of halogens is 1. The van der Waals surface area contributed by atoms with Gasteiger partial charge in [0.2, 0.25) is 5.91 Å². The van der Waals surface area contributed by atoms with Crippen molar-refractivity contribution in [3.05, 3.63) is 46.2 Å². The maximum absolute atomic E-state index is 12.9. The highest BCUT2D eigenvalue weighted by Gasteiger charge is 2.33. The molecule has 0 spiro atoms. The Labute approximate surface area is 142 Å². The number of nitrogens with two attached hydrogens (primary N) is 2. The Morgan fingerprint density at radius 1 is 1.33 bits per heavy atom. The maximum atomic E-state index is 12.9. The molecular formula is C15H15ClN6O2. The number of rotatable bonds is 4. The van der Waals surface area contributed by atoms with Crippen molar-refractivity contribution in [1.29, 1.82) is 5.41 Å². The molecule has 0 unspecified atom stereocenters. The van der Waals surface area contributed by atoms with Crippen LogP contribution in [0.5, 0.6) is 0 Å². The topological polar surface area (TPSA) is 142 Å². The molecule has 3 rings (SSSR count). The van der Waals surface area contributed by atoms with Gasteiger partial charge >= 0.3 is 0 Å². The van der Waals surface area contributed by atoms with Crippen molar-refractivity contribution in [2.75, 3.05) is 4.90 Å². The van der Waals surface area contributed by atoms with Gasteiger partial charge in [0, 0.05) is 11.5 Å². The third-order valence-corrected chi connectivity index (χ3v) is 4.12. The van der Waals surface area contributed by atoms with Crippen LogP contribution in [0, 0.1) is 5.41 Å². The van der Waals surface area contributed by atoms with Crippen molar-refractivity contribution >= 4 is 35.1 Å². The largest absolute Gasteiger partial charge is 0.369 e. The van der Waals surface area contributed by atoms with Crippen molar-refractivity contribution in [2.45, 2.75) is 18.8 Å². The number of aromatic amines is 1. The fourth-order valence-corrected chi connectivity index (χ4v) is 2.66. The van der Waals surface area contributed by atoms with Crippen LogP contribution in [0.2, 0.25) is 5.02 Å². The Kier molecular flexibility index (Phi) is 3.98. The van der Waals surface area contributed by atoms with Gasteiger partial charge in [-0.05, 0) is 31.0 Å². The molecule has 8 nitrogen and oxygen atoms in total. The number of primary amides is 1. The summed E-state index contributed by atoms with van der Waals surface area (Å²) in [4.78, 5) is 25.2. The minimum absolute atomic E-state index is 0.119. The van der Waals surface area contributed by atoms with E-state index in [1.807, 2.05) is 0 Å². The number of anilines is 1. The Morgan fingerprint density at radius 3 is 2.62 bits per heavy atom. The molecule has 1 aromatic carbocycles. The summed E-state index contributed by atoms with van der Waals surface area (Å²) >= 11 is 6.14. The first kappa shape index (κ1) is 16.0. The standard InChI is InChI=1S/C15H15ClN6O2/c16-10-4-3-8(13(17)23)5-11(10)22(15(18)19)14(24)9-6-20-21-12(9)7-1-2-7/h3-7H,1-2H2,(H2,17,23)(H3,18,19)(H,20,21). The van der Waals surface area contributed by atoms with Gasteiger partial charge in [-0.2, -0.15) is 5.10 Å². The normalized spacial score (nSPS) is 13.5. The Bertz CT molecular complexity index is 842. The van der Waals surface area contributed by atoms with Crippen LogP contribution in [0.25, 0.3) is 0 Å². The second-order valence-electron chi connectivity index (χ2n) is 5.53. The van der Waals surface area contributed by atoms with Gasteiger partial charge in [-0.3, -0.25) is 20.1 Å². The van der Waals surface area contributed by atoms with Crippen molar-refractivity contribution < 1.29 is 9.59 Å². The summed E-state index contributed by atoms with van der Waals surface area (Å²) in [6, 6.07) is 4.20. The van der Waals surface area contributed by atoms with E-state index in [4.69, 9.17) is 28.5 Å². The van der Waals surface area contributed by atoms with E-state index in [-0.39, 0.29) is 22.2 Å². The zero-order valence-corrected chi connectivity index (χ0v) is 13.3.